The standard InChI is InChI=1S/C12H13Cl2N3/c13-10-2-1-8(5-11(10)14)6-12-16-7-9(17-12)3-4-15/h1-2,5,7H,3-4,6,15H2,(H,16,17). The molecule has 0 bridgehead atoms. The quantitative estimate of drug-likeness (QED) is 0.897. The van der Waals surface area contributed by atoms with Crippen molar-refractivity contribution < 1.29 is 0 Å². The molecule has 1 aromatic carbocycles. The number of nitrogens with one attached hydrogen (secondary N) is 1. The highest BCUT2D eigenvalue weighted by atomic mass is 35.5. The predicted molar refractivity (Wildman–Crippen MR) is 70.6 cm³/mol. The summed E-state index contributed by atoms with van der Waals surface area (Å²) in [6.07, 6.45) is 3.34. The van der Waals surface area contributed by atoms with Gasteiger partial charge in [-0.15, -0.1) is 0 Å². The largest absolute Gasteiger partial charge is 0.346 e. The third kappa shape index (κ3) is 3.22. The Balaban J connectivity index is 2.11. The number of hydrogen-bond acceptors (Lipinski definition) is 2. The third-order valence-electron chi connectivity index (χ3n) is 2.45. The summed E-state index contributed by atoms with van der Waals surface area (Å²) in [6, 6.07) is 5.59. The van der Waals surface area contributed by atoms with Crippen molar-refractivity contribution in [2.75, 3.05) is 6.54 Å². The van der Waals surface area contributed by atoms with Gasteiger partial charge in [-0.25, -0.2) is 4.98 Å². The summed E-state index contributed by atoms with van der Waals surface area (Å²) in [7, 11) is 0. The van der Waals surface area contributed by atoms with E-state index in [1.807, 2.05) is 18.3 Å². The molecule has 0 atom stereocenters. The minimum atomic E-state index is 0.568. The van der Waals surface area contributed by atoms with E-state index in [2.05, 4.69) is 9.97 Å². The Morgan fingerprint density at radius 1 is 1.24 bits per heavy atom. The third-order valence-corrected chi connectivity index (χ3v) is 3.19. The minimum Gasteiger partial charge on any atom is -0.346 e. The fourth-order valence-electron chi connectivity index (χ4n) is 1.62. The van der Waals surface area contributed by atoms with E-state index in [-0.39, 0.29) is 0 Å². The summed E-state index contributed by atoms with van der Waals surface area (Å²) in [6.45, 7) is 0.619. The van der Waals surface area contributed by atoms with E-state index >= 15 is 0 Å². The van der Waals surface area contributed by atoms with Crippen molar-refractivity contribution in [2.45, 2.75) is 12.8 Å². The Hall–Kier alpha value is -1.03. The molecule has 1 aromatic heterocycles. The zero-order valence-electron chi connectivity index (χ0n) is 9.21. The lowest BCUT2D eigenvalue weighted by molar-refractivity contribution is 0.919. The first-order valence-corrected chi connectivity index (χ1v) is 6.11. The number of nitrogens with zero attached hydrogens (tertiary/aromatic N) is 1. The van der Waals surface area contributed by atoms with E-state index in [1.165, 1.54) is 0 Å². The van der Waals surface area contributed by atoms with Crippen LogP contribution in [0.15, 0.2) is 24.4 Å². The second kappa shape index (κ2) is 5.54. The van der Waals surface area contributed by atoms with E-state index in [0.29, 0.717) is 23.0 Å². The molecule has 0 spiro atoms. The van der Waals surface area contributed by atoms with E-state index in [1.54, 1.807) is 6.07 Å². The lowest BCUT2D eigenvalue weighted by Crippen LogP contribution is -2.02. The van der Waals surface area contributed by atoms with E-state index in [9.17, 15) is 0 Å². The topological polar surface area (TPSA) is 54.7 Å². The Kier molecular flexibility index (Phi) is 4.05. The lowest BCUT2D eigenvalue weighted by Gasteiger charge is -2.01. The summed E-state index contributed by atoms with van der Waals surface area (Å²) in [5, 5.41) is 1.14. The van der Waals surface area contributed by atoms with Crippen LogP contribution >= 0.6 is 23.2 Å². The molecule has 0 unspecified atom stereocenters. The second-order valence-electron chi connectivity index (χ2n) is 3.82. The number of halogens is 2. The molecule has 0 radical (unpaired) electrons. The smallest absolute Gasteiger partial charge is 0.110 e. The number of aromatic nitrogens is 2. The van der Waals surface area contributed by atoms with Crippen molar-refractivity contribution in [3.05, 3.63) is 51.5 Å². The van der Waals surface area contributed by atoms with Crippen LogP contribution in [0.25, 0.3) is 0 Å². The number of H-pyrrole nitrogens is 1. The van der Waals surface area contributed by atoms with Crippen molar-refractivity contribution in [2.24, 2.45) is 5.73 Å². The van der Waals surface area contributed by atoms with Gasteiger partial charge < -0.3 is 10.7 Å². The predicted octanol–water partition coefficient (Wildman–Crippen LogP) is 2.81. The molecule has 90 valence electrons. The van der Waals surface area contributed by atoms with Crippen LogP contribution in [0, 0.1) is 0 Å². The zero-order valence-corrected chi connectivity index (χ0v) is 10.7. The number of imidazole rings is 1. The first kappa shape index (κ1) is 12.4. The first-order valence-electron chi connectivity index (χ1n) is 5.36. The molecule has 0 amide bonds. The number of rotatable bonds is 4. The van der Waals surface area contributed by atoms with Crippen molar-refractivity contribution in [1.82, 2.24) is 9.97 Å². The van der Waals surface area contributed by atoms with E-state index in [4.69, 9.17) is 28.9 Å². The maximum Gasteiger partial charge on any atom is 0.110 e. The van der Waals surface area contributed by atoms with Gasteiger partial charge in [0.1, 0.15) is 5.82 Å². The van der Waals surface area contributed by atoms with Crippen molar-refractivity contribution in [3.63, 3.8) is 0 Å². The average Bonchev–Trinajstić information content (AvgIpc) is 2.72. The summed E-state index contributed by atoms with van der Waals surface area (Å²) in [4.78, 5) is 7.52. The van der Waals surface area contributed by atoms with Gasteiger partial charge in [-0.05, 0) is 24.2 Å². The van der Waals surface area contributed by atoms with Crippen LogP contribution in [0.5, 0.6) is 0 Å². The van der Waals surface area contributed by atoms with Crippen molar-refractivity contribution in [3.8, 4) is 0 Å². The van der Waals surface area contributed by atoms with Gasteiger partial charge in [0, 0.05) is 24.7 Å². The molecule has 2 rings (SSSR count). The fraction of sp³-hybridized carbons (Fsp3) is 0.250. The molecule has 0 aliphatic heterocycles. The Bertz CT molecular complexity index is 508. The second-order valence-corrected chi connectivity index (χ2v) is 4.63. The van der Waals surface area contributed by atoms with Gasteiger partial charge in [0.15, 0.2) is 0 Å². The number of nitrogens with two attached hydrogens (primary N) is 1. The average molecular weight is 270 g/mol. The van der Waals surface area contributed by atoms with Gasteiger partial charge in [-0.3, -0.25) is 0 Å². The lowest BCUT2D eigenvalue weighted by atomic mass is 10.1. The van der Waals surface area contributed by atoms with Crippen LogP contribution in [0.3, 0.4) is 0 Å². The van der Waals surface area contributed by atoms with Gasteiger partial charge in [0.25, 0.3) is 0 Å². The fourth-order valence-corrected chi connectivity index (χ4v) is 1.94. The van der Waals surface area contributed by atoms with Gasteiger partial charge in [0.2, 0.25) is 0 Å². The molecule has 3 N–H and O–H groups in total. The molecule has 0 saturated carbocycles. The molecule has 0 fully saturated rings. The van der Waals surface area contributed by atoms with Gasteiger partial charge in [-0.2, -0.15) is 0 Å². The Morgan fingerprint density at radius 3 is 2.76 bits per heavy atom. The molecular weight excluding hydrogens is 257 g/mol. The highest BCUT2D eigenvalue weighted by Crippen LogP contribution is 2.23. The number of aromatic amines is 1. The molecule has 3 nitrogen and oxygen atoms in total. The zero-order chi connectivity index (χ0) is 12.3. The van der Waals surface area contributed by atoms with Crippen LogP contribution in [-0.2, 0) is 12.8 Å². The molecule has 0 aliphatic carbocycles. The minimum absolute atomic E-state index is 0.568. The molecule has 0 aliphatic rings. The van der Waals surface area contributed by atoms with Crippen LogP contribution in [0.2, 0.25) is 10.0 Å². The van der Waals surface area contributed by atoms with Crippen LogP contribution in [-0.4, -0.2) is 16.5 Å². The SMILES string of the molecule is NCCc1cnc(Cc2ccc(Cl)c(Cl)c2)[nH]1. The Labute approximate surface area is 110 Å². The Morgan fingerprint density at radius 2 is 2.06 bits per heavy atom. The first-order chi connectivity index (χ1) is 8.19. The van der Waals surface area contributed by atoms with Gasteiger partial charge >= 0.3 is 0 Å². The molecule has 17 heavy (non-hydrogen) atoms. The van der Waals surface area contributed by atoms with E-state index < -0.39 is 0 Å². The summed E-state index contributed by atoms with van der Waals surface area (Å²) in [5.41, 5.74) is 7.61. The number of hydrogen-bond donors (Lipinski definition) is 2. The van der Waals surface area contributed by atoms with Crippen LogP contribution in [0.1, 0.15) is 17.1 Å². The summed E-state index contributed by atoms with van der Waals surface area (Å²) in [5.74, 6) is 0.909. The van der Waals surface area contributed by atoms with Crippen LogP contribution in [0.4, 0.5) is 0 Å². The molecule has 0 saturated heterocycles. The molecule has 5 heteroatoms. The van der Waals surface area contributed by atoms with Crippen LogP contribution < -0.4 is 5.73 Å². The molecular formula is C12H13Cl2N3. The highest BCUT2D eigenvalue weighted by Gasteiger charge is 2.04. The molecule has 1 heterocycles. The van der Waals surface area contributed by atoms with E-state index in [0.717, 1.165) is 23.5 Å². The van der Waals surface area contributed by atoms with Crippen molar-refractivity contribution >= 4 is 23.2 Å². The maximum absolute atomic E-state index is 5.96. The van der Waals surface area contributed by atoms with Gasteiger partial charge in [0.05, 0.1) is 10.0 Å². The maximum atomic E-state index is 5.96. The highest BCUT2D eigenvalue weighted by molar-refractivity contribution is 6.42. The summed E-state index contributed by atoms with van der Waals surface area (Å²) < 4.78 is 0. The monoisotopic (exact) mass is 269 g/mol. The molecule has 2 aromatic rings. The summed E-state index contributed by atoms with van der Waals surface area (Å²) >= 11 is 11.8. The van der Waals surface area contributed by atoms with Crippen molar-refractivity contribution in [1.29, 1.82) is 0 Å². The number of benzene rings is 1. The normalized spacial score (nSPS) is 10.8. The van der Waals surface area contributed by atoms with Gasteiger partial charge in [-0.1, -0.05) is 29.3 Å².